The first kappa shape index (κ1) is 7.52. The van der Waals surface area contributed by atoms with Crippen LogP contribution >= 0.6 is 17.7 Å². The van der Waals surface area contributed by atoms with E-state index in [2.05, 4.69) is 0 Å². The van der Waals surface area contributed by atoms with Crippen molar-refractivity contribution in [2.75, 3.05) is 6.66 Å². The van der Waals surface area contributed by atoms with Crippen LogP contribution in [0.25, 0.3) is 0 Å². The molecule has 0 fully saturated rings. The van der Waals surface area contributed by atoms with Crippen molar-refractivity contribution >= 4 is 17.7 Å². The highest BCUT2D eigenvalue weighted by molar-refractivity contribution is 7.89. The molecule has 3 heteroatoms. The van der Waals surface area contributed by atoms with Gasteiger partial charge in [0.1, 0.15) is 0 Å². The van der Waals surface area contributed by atoms with Crippen LogP contribution in [0.5, 0.6) is 0 Å². The highest BCUT2D eigenvalue weighted by Gasteiger charge is 2.14. The average molecular weight is 141 g/mol. The van der Waals surface area contributed by atoms with Crippen LogP contribution in [0.4, 0.5) is 0 Å². The van der Waals surface area contributed by atoms with Gasteiger partial charge in [0, 0.05) is 12.3 Å². The molecule has 0 rings (SSSR count). The second-order valence-electron chi connectivity index (χ2n) is 1.98. The maximum atomic E-state index is 10.7. The van der Waals surface area contributed by atoms with E-state index in [9.17, 15) is 4.57 Å². The van der Waals surface area contributed by atoms with Crippen LogP contribution < -0.4 is 0 Å². The fraction of sp³-hybridized carbons (Fsp3) is 1.00. The van der Waals surface area contributed by atoms with Gasteiger partial charge in [-0.3, -0.25) is 0 Å². The minimum absolute atomic E-state index is 0.120. The van der Waals surface area contributed by atoms with Crippen molar-refractivity contribution in [3.63, 3.8) is 0 Å². The fourth-order valence-electron chi connectivity index (χ4n) is 0. The number of hydrogen-bond donors (Lipinski definition) is 0. The Bertz CT molecular complexity index is 93.9. The monoisotopic (exact) mass is 140 g/mol. The van der Waals surface area contributed by atoms with Crippen molar-refractivity contribution in [2.45, 2.75) is 19.5 Å². The third kappa shape index (κ3) is 3.13. The maximum Gasteiger partial charge on any atom is 0.168 e. The summed E-state index contributed by atoms with van der Waals surface area (Å²) in [4.78, 5) is 0. The summed E-state index contributed by atoms with van der Waals surface area (Å²) in [5, 5.41) is 0. The molecular weight excluding hydrogens is 130 g/mol. The number of halogens is 1. The summed E-state index contributed by atoms with van der Waals surface area (Å²) < 4.78 is 10.7. The smallest absolute Gasteiger partial charge is 0.168 e. The molecule has 0 saturated carbocycles. The Kier molecular flexibility index (Phi) is 2.35. The van der Waals surface area contributed by atoms with Crippen molar-refractivity contribution in [1.29, 1.82) is 0 Å². The van der Waals surface area contributed by atoms with Gasteiger partial charge in [0.05, 0.1) is 0 Å². The van der Waals surface area contributed by atoms with E-state index >= 15 is 0 Å². The number of hydrogen-bond acceptors (Lipinski definition) is 1. The zero-order chi connectivity index (χ0) is 6.08. The molecule has 0 aromatic rings. The van der Waals surface area contributed by atoms with Gasteiger partial charge in [0.15, 0.2) is 6.49 Å². The first-order valence-corrected chi connectivity index (χ1v) is 5.34. The second-order valence-corrected chi connectivity index (χ2v) is 6.79. The molecule has 0 spiro atoms. The molecule has 0 heterocycles. The van der Waals surface area contributed by atoms with Crippen molar-refractivity contribution in [3.8, 4) is 0 Å². The van der Waals surface area contributed by atoms with Crippen LogP contribution in [0.15, 0.2) is 0 Å². The van der Waals surface area contributed by atoms with Crippen molar-refractivity contribution < 1.29 is 4.57 Å². The van der Waals surface area contributed by atoms with E-state index in [-0.39, 0.29) is 5.66 Å². The van der Waals surface area contributed by atoms with E-state index in [1.807, 2.05) is 13.8 Å². The Morgan fingerprint density at radius 1 is 1.57 bits per heavy atom. The van der Waals surface area contributed by atoms with E-state index in [1.54, 1.807) is 6.66 Å². The largest absolute Gasteiger partial charge is 0.307 e. The van der Waals surface area contributed by atoms with E-state index in [0.29, 0.717) is 0 Å². The molecule has 44 valence electrons. The summed E-state index contributed by atoms with van der Waals surface area (Å²) in [5.41, 5.74) is 0.120. The summed E-state index contributed by atoms with van der Waals surface area (Å²) in [6.45, 7) is 3.03. The summed E-state index contributed by atoms with van der Waals surface area (Å²) in [6, 6.07) is 0. The molecule has 0 aromatic carbocycles. The molecule has 1 atom stereocenters. The summed E-state index contributed by atoms with van der Waals surface area (Å²) in [5.74, 6) is 0. The Morgan fingerprint density at radius 3 is 1.71 bits per heavy atom. The molecule has 0 radical (unpaired) electrons. The van der Waals surface area contributed by atoms with E-state index in [0.717, 1.165) is 0 Å². The molecule has 0 aliphatic heterocycles. The van der Waals surface area contributed by atoms with Gasteiger partial charge in [-0.1, -0.05) is 25.1 Å². The van der Waals surface area contributed by atoms with Crippen LogP contribution in [0, 0.1) is 0 Å². The Hall–Kier alpha value is 0.520. The first-order valence-electron chi connectivity index (χ1n) is 2.21. The predicted octanol–water partition coefficient (Wildman–Crippen LogP) is 2.54. The lowest BCUT2D eigenvalue weighted by Crippen LogP contribution is -1.88. The van der Waals surface area contributed by atoms with Gasteiger partial charge in [-0.05, 0) is 0 Å². The SMILES string of the molecule is CC(C)P(C)(=O)Cl. The molecular formula is C4H10ClOP. The molecule has 1 unspecified atom stereocenters. The fourth-order valence-corrected chi connectivity index (χ4v) is 0. The second kappa shape index (κ2) is 2.19. The highest BCUT2D eigenvalue weighted by atomic mass is 35.7. The quantitative estimate of drug-likeness (QED) is 0.512. The molecule has 0 amide bonds. The zero-order valence-electron chi connectivity index (χ0n) is 4.81. The molecule has 0 N–H and O–H groups in total. The topological polar surface area (TPSA) is 17.1 Å². The molecule has 0 aliphatic carbocycles. The van der Waals surface area contributed by atoms with Crippen molar-refractivity contribution in [3.05, 3.63) is 0 Å². The lowest BCUT2D eigenvalue weighted by atomic mass is 10.6. The normalized spacial score (nSPS) is 19.6. The standard InChI is InChI=1S/C4H10ClOP/c1-4(2)7(3,5)6/h4H,1-3H3. The molecule has 0 saturated heterocycles. The summed E-state index contributed by atoms with van der Waals surface area (Å²) >= 11 is 5.42. The van der Waals surface area contributed by atoms with Gasteiger partial charge in [-0.15, -0.1) is 0 Å². The lowest BCUT2D eigenvalue weighted by molar-refractivity contribution is 0.582. The highest BCUT2D eigenvalue weighted by Crippen LogP contribution is 2.51. The van der Waals surface area contributed by atoms with Crippen molar-refractivity contribution in [2.24, 2.45) is 0 Å². The minimum atomic E-state index is -2.27. The number of rotatable bonds is 1. The molecule has 0 aliphatic rings. The van der Waals surface area contributed by atoms with E-state index < -0.39 is 6.49 Å². The van der Waals surface area contributed by atoms with Gasteiger partial charge >= 0.3 is 0 Å². The Morgan fingerprint density at radius 2 is 1.71 bits per heavy atom. The predicted molar refractivity (Wildman–Crippen MR) is 34.5 cm³/mol. The van der Waals surface area contributed by atoms with E-state index in [4.69, 9.17) is 11.2 Å². The minimum Gasteiger partial charge on any atom is -0.307 e. The van der Waals surface area contributed by atoms with Crippen LogP contribution in [0.3, 0.4) is 0 Å². The summed E-state index contributed by atoms with van der Waals surface area (Å²) in [7, 11) is 0. The Labute approximate surface area is 49.2 Å². The van der Waals surface area contributed by atoms with Gasteiger partial charge in [0.2, 0.25) is 0 Å². The molecule has 1 nitrogen and oxygen atoms in total. The van der Waals surface area contributed by atoms with E-state index in [1.165, 1.54) is 0 Å². The third-order valence-corrected chi connectivity index (χ3v) is 3.94. The lowest BCUT2D eigenvalue weighted by Gasteiger charge is -2.05. The van der Waals surface area contributed by atoms with Crippen LogP contribution in [0.2, 0.25) is 0 Å². The molecule has 0 bridgehead atoms. The van der Waals surface area contributed by atoms with Gasteiger partial charge < -0.3 is 4.57 Å². The first-order chi connectivity index (χ1) is 2.94. The third-order valence-electron chi connectivity index (χ3n) is 0.922. The van der Waals surface area contributed by atoms with Gasteiger partial charge in [0.25, 0.3) is 0 Å². The van der Waals surface area contributed by atoms with Crippen LogP contribution in [-0.4, -0.2) is 12.3 Å². The van der Waals surface area contributed by atoms with Crippen molar-refractivity contribution in [1.82, 2.24) is 0 Å². The average Bonchev–Trinajstić information content (AvgIpc) is 1.31. The Balaban J connectivity index is 3.80. The van der Waals surface area contributed by atoms with Crippen LogP contribution in [-0.2, 0) is 4.57 Å². The zero-order valence-corrected chi connectivity index (χ0v) is 6.46. The van der Waals surface area contributed by atoms with Gasteiger partial charge in [-0.25, -0.2) is 0 Å². The molecule has 7 heavy (non-hydrogen) atoms. The molecule has 0 aromatic heterocycles. The summed E-state index contributed by atoms with van der Waals surface area (Å²) in [6.07, 6.45) is 0. The maximum absolute atomic E-state index is 10.7. The van der Waals surface area contributed by atoms with Crippen LogP contribution in [0.1, 0.15) is 13.8 Å². The van der Waals surface area contributed by atoms with Gasteiger partial charge in [-0.2, -0.15) is 0 Å².